The molecule has 2 aromatic rings. The lowest BCUT2D eigenvalue weighted by atomic mass is 10.1. The van der Waals surface area contributed by atoms with Crippen molar-refractivity contribution >= 4 is 23.2 Å². The smallest absolute Gasteiger partial charge is 0.104 e. The van der Waals surface area contributed by atoms with E-state index in [4.69, 9.17) is 34.0 Å². The predicted molar refractivity (Wildman–Crippen MR) is 70.5 cm³/mol. The first-order chi connectivity index (χ1) is 8.67. The van der Waals surface area contributed by atoms with Crippen molar-refractivity contribution in [1.29, 1.82) is 0 Å². The molecule has 0 saturated heterocycles. The van der Waals surface area contributed by atoms with Crippen molar-refractivity contribution in [2.24, 2.45) is 5.73 Å². The summed E-state index contributed by atoms with van der Waals surface area (Å²) in [6.45, 7) is 0.589. The molecule has 2 rings (SSSR count). The highest BCUT2D eigenvalue weighted by Crippen LogP contribution is 2.29. The van der Waals surface area contributed by atoms with E-state index in [0.29, 0.717) is 22.3 Å². The summed E-state index contributed by atoms with van der Waals surface area (Å²) < 4.78 is 1.60. The van der Waals surface area contributed by atoms with Crippen molar-refractivity contribution in [3.05, 3.63) is 33.9 Å². The van der Waals surface area contributed by atoms with Crippen LogP contribution in [0.4, 0.5) is 0 Å². The van der Waals surface area contributed by atoms with Gasteiger partial charge < -0.3 is 10.8 Å². The van der Waals surface area contributed by atoms with E-state index in [0.717, 1.165) is 11.3 Å². The second-order valence-corrected chi connectivity index (χ2v) is 4.48. The molecule has 0 atom stereocenters. The molecule has 0 aliphatic rings. The van der Waals surface area contributed by atoms with Gasteiger partial charge in [0.25, 0.3) is 0 Å². The Kier molecular flexibility index (Phi) is 4.19. The summed E-state index contributed by atoms with van der Waals surface area (Å²) in [5.74, 6) is 0. The zero-order valence-corrected chi connectivity index (χ0v) is 11.0. The lowest BCUT2D eigenvalue weighted by Gasteiger charge is -2.07. The summed E-state index contributed by atoms with van der Waals surface area (Å²) in [5.41, 5.74) is 7.86. The number of hydrogen-bond acceptors (Lipinski definition) is 4. The van der Waals surface area contributed by atoms with Gasteiger partial charge in [-0.1, -0.05) is 34.5 Å². The van der Waals surface area contributed by atoms with Crippen LogP contribution < -0.4 is 5.73 Å². The van der Waals surface area contributed by atoms with Gasteiger partial charge in [-0.15, -0.1) is 5.10 Å². The van der Waals surface area contributed by atoms with Gasteiger partial charge in [0.1, 0.15) is 5.69 Å². The number of aliphatic hydroxyl groups is 1. The molecule has 0 amide bonds. The van der Waals surface area contributed by atoms with Crippen LogP contribution in [0.3, 0.4) is 0 Å². The number of halogens is 2. The summed E-state index contributed by atoms with van der Waals surface area (Å²) in [6, 6.07) is 5.26. The number of nitrogens with zero attached hydrogens (tertiary/aromatic N) is 3. The molecule has 0 aliphatic heterocycles. The maximum Gasteiger partial charge on any atom is 0.104 e. The topological polar surface area (TPSA) is 77.0 Å². The van der Waals surface area contributed by atoms with Gasteiger partial charge in [-0.3, -0.25) is 0 Å². The summed E-state index contributed by atoms with van der Waals surface area (Å²) in [7, 11) is 0. The zero-order chi connectivity index (χ0) is 13.1. The summed E-state index contributed by atoms with van der Waals surface area (Å²) in [4.78, 5) is 0. The van der Waals surface area contributed by atoms with Crippen LogP contribution in [0.25, 0.3) is 11.3 Å². The maximum absolute atomic E-state index is 9.00. The van der Waals surface area contributed by atoms with Gasteiger partial charge >= 0.3 is 0 Å². The lowest BCUT2D eigenvalue weighted by Crippen LogP contribution is -2.07. The van der Waals surface area contributed by atoms with Crippen LogP contribution in [0.1, 0.15) is 5.69 Å². The third-order valence-electron chi connectivity index (χ3n) is 2.50. The molecule has 1 aromatic heterocycles. The number of hydrogen-bond donors (Lipinski definition) is 2. The first kappa shape index (κ1) is 13.3. The maximum atomic E-state index is 9.00. The van der Waals surface area contributed by atoms with Crippen LogP contribution >= 0.6 is 23.2 Å². The Hall–Kier alpha value is -1.14. The van der Waals surface area contributed by atoms with Gasteiger partial charge in [0.2, 0.25) is 0 Å². The molecule has 7 heteroatoms. The largest absolute Gasteiger partial charge is 0.394 e. The van der Waals surface area contributed by atoms with Crippen molar-refractivity contribution < 1.29 is 5.11 Å². The fraction of sp³-hybridized carbons (Fsp3) is 0.273. The predicted octanol–water partition coefficient (Wildman–Crippen LogP) is 1.70. The molecule has 0 radical (unpaired) electrons. The number of benzene rings is 1. The first-order valence-electron chi connectivity index (χ1n) is 5.36. The molecule has 1 aromatic carbocycles. The van der Waals surface area contributed by atoms with E-state index in [1.54, 1.807) is 16.8 Å². The molecule has 5 nitrogen and oxygen atoms in total. The summed E-state index contributed by atoms with van der Waals surface area (Å²) >= 11 is 11.9. The van der Waals surface area contributed by atoms with E-state index in [-0.39, 0.29) is 13.2 Å². The third kappa shape index (κ3) is 2.49. The van der Waals surface area contributed by atoms with Crippen LogP contribution in [0.5, 0.6) is 0 Å². The van der Waals surface area contributed by atoms with Gasteiger partial charge in [0, 0.05) is 12.1 Å². The standard InChI is InChI=1S/C11H12Cl2N4O/c12-8-2-1-7(5-9(8)13)11-10(6-14)15-16-17(11)3-4-18/h1-2,5,18H,3-4,6,14H2. The molecule has 0 bridgehead atoms. The highest BCUT2D eigenvalue weighted by atomic mass is 35.5. The Balaban J connectivity index is 2.53. The Labute approximate surface area is 114 Å². The normalized spacial score (nSPS) is 10.9. The van der Waals surface area contributed by atoms with Crippen molar-refractivity contribution in [2.45, 2.75) is 13.1 Å². The first-order valence-corrected chi connectivity index (χ1v) is 6.11. The van der Waals surface area contributed by atoms with E-state index in [2.05, 4.69) is 10.3 Å². The fourth-order valence-electron chi connectivity index (χ4n) is 1.70. The molecule has 0 spiro atoms. The molecular formula is C11H12Cl2N4O. The SMILES string of the molecule is NCc1nnn(CCO)c1-c1ccc(Cl)c(Cl)c1. The Morgan fingerprint density at radius 1 is 1.28 bits per heavy atom. The molecule has 18 heavy (non-hydrogen) atoms. The lowest BCUT2D eigenvalue weighted by molar-refractivity contribution is 0.269. The number of nitrogens with two attached hydrogens (primary N) is 1. The van der Waals surface area contributed by atoms with Gasteiger partial charge in [-0.05, 0) is 12.1 Å². The Morgan fingerprint density at radius 2 is 2.06 bits per heavy atom. The Bertz CT molecular complexity index is 556. The molecule has 3 N–H and O–H groups in total. The summed E-state index contributed by atoms with van der Waals surface area (Å²) in [5, 5.41) is 17.9. The quantitative estimate of drug-likeness (QED) is 0.897. The minimum Gasteiger partial charge on any atom is -0.394 e. The van der Waals surface area contributed by atoms with Gasteiger partial charge in [0.05, 0.1) is 28.9 Å². The van der Waals surface area contributed by atoms with E-state index in [1.165, 1.54) is 0 Å². The van der Waals surface area contributed by atoms with Crippen LogP contribution in [0.15, 0.2) is 18.2 Å². The minimum atomic E-state index is -0.0261. The second kappa shape index (κ2) is 5.67. The van der Waals surface area contributed by atoms with Gasteiger partial charge in [-0.25, -0.2) is 4.68 Å². The number of rotatable bonds is 4. The van der Waals surface area contributed by atoms with E-state index in [9.17, 15) is 0 Å². The number of aromatic nitrogens is 3. The van der Waals surface area contributed by atoms with Crippen molar-refractivity contribution in [3.63, 3.8) is 0 Å². The van der Waals surface area contributed by atoms with Crippen LogP contribution in [0, 0.1) is 0 Å². The molecule has 0 aliphatic carbocycles. The molecule has 0 fully saturated rings. The van der Waals surface area contributed by atoms with E-state index in [1.807, 2.05) is 6.07 Å². The Morgan fingerprint density at radius 3 is 2.67 bits per heavy atom. The van der Waals surface area contributed by atoms with Gasteiger partial charge in [-0.2, -0.15) is 0 Å². The average molecular weight is 287 g/mol. The van der Waals surface area contributed by atoms with Crippen molar-refractivity contribution in [2.75, 3.05) is 6.61 Å². The molecule has 0 unspecified atom stereocenters. The second-order valence-electron chi connectivity index (χ2n) is 3.66. The van der Waals surface area contributed by atoms with E-state index >= 15 is 0 Å². The van der Waals surface area contributed by atoms with Crippen molar-refractivity contribution in [1.82, 2.24) is 15.0 Å². The third-order valence-corrected chi connectivity index (χ3v) is 3.24. The molecule has 0 saturated carbocycles. The fourth-order valence-corrected chi connectivity index (χ4v) is 1.99. The monoisotopic (exact) mass is 286 g/mol. The molecular weight excluding hydrogens is 275 g/mol. The minimum absolute atomic E-state index is 0.0261. The number of aliphatic hydroxyl groups excluding tert-OH is 1. The zero-order valence-electron chi connectivity index (χ0n) is 9.48. The highest BCUT2D eigenvalue weighted by molar-refractivity contribution is 6.42. The van der Waals surface area contributed by atoms with Crippen molar-refractivity contribution in [3.8, 4) is 11.3 Å². The van der Waals surface area contributed by atoms with Gasteiger partial charge in [0.15, 0.2) is 0 Å². The summed E-state index contributed by atoms with van der Waals surface area (Å²) in [6.07, 6.45) is 0. The van der Waals surface area contributed by atoms with Crippen LogP contribution in [-0.2, 0) is 13.1 Å². The molecule has 96 valence electrons. The van der Waals surface area contributed by atoms with Crippen LogP contribution in [-0.4, -0.2) is 26.7 Å². The average Bonchev–Trinajstić information content (AvgIpc) is 2.76. The van der Waals surface area contributed by atoms with E-state index < -0.39 is 0 Å². The highest BCUT2D eigenvalue weighted by Gasteiger charge is 2.14. The van der Waals surface area contributed by atoms with Crippen LogP contribution in [0.2, 0.25) is 10.0 Å². The molecule has 1 heterocycles.